The second-order valence-electron chi connectivity index (χ2n) is 5.15. The first-order valence-electron chi connectivity index (χ1n) is 6.91. The minimum Gasteiger partial charge on any atom is -0.480 e. The Hall–Kier alpha value is -2.89. The van der Waals surface area contributed by atoms with Crippen molar-refractivity contribution >= 4 is 12.0 Å². The third-order valence-corrected chi connectivity index (χ3v) is 3.63. The molecule has 0 bridgehead atoms. The first-order valence-corrected chi connectivity index (χ1v) is 6.91. The second kappa shape index (κ2) is 5.85. The summed E-state index contributed by atoms with van der Waals surface area (Å²) < 4.78 is 0. The van der Waals surface area contributed by atoms with Crippen LogP contribution in [0.1, 0.15) is 5.56 Å². The molecule has 0 unspecified atom stereocenters. The lowest BCUT2D eigenvalue weighted by Gasteiger charge is -2.14. The molecule has 2 amide bonds. The van der Waals surface area contributed by atoms with Crippen LogP contribution in [-0.4, -0.2) is 39.6 Å². The van der Waals surface area contributed by atoms with Gasteiger partial charge in [-0.1, -0.05) is 24.3 Å². The number of pyridine rings is 1. The van der Waals surface area contributed by atoms with Gasteiger partial charge in [-0.15, -0.1) is 0 Å². The molecule has 1 aromatic carbocycles. The molecule has 6 heteroatoms. The maximum absolute atomic E-state index is 11.7. The van der Waals surface area contributed by atoms with E-state index in [1.807, 2.05) is 36.4 Å². The molecule has 1 atom stereocenters. The fourth-order valence-corrected chi connectivity index (χ4v) is 2.43. The van der Waals surface area contributed by atoms with Crippen LogP contribution in [0.25, 0.3) is 11.1 Å². The number of carboxylic acids is 1. The Balaban J connectivity index is 1.69. The van der Waals surface area contributed by atoms with E-state index in [2.05, 4.69) is 10.3 Å². The monoisotopic (exact) mass is 297 g/mol. The highest BCUT2D eigenvalue weighted by atomic mass is 16.4. The molecule has 1 saturated heterocycles. The highest BCUT2D eigenvalue weighted by molar-refractivity contribution is 5.86. The van der Waals surface area contributed by atoms with Gasteiger partial charge in [0.05, 0.1) is 6.54 Å². The van der Waals surface area contributed by atoms with Crippen molar-refractivity contribution in [3.05, 3.63) is 54.4 Å². The Kier molecular flexibility index (Phi) is 3.74. The van der Waals surface area contributed by atoms with Crippen molar-refractivity contribution in [2.45, 2.75) is 12.6 Å². The van der Waals surface area contributed by atoms with Gasteiger partial charge in [-0.3, -0.25) is 4.98 Å². The van der Waals surface area contributed by atoms with Crippen LogP contribution in [0.5, 0.6) is 0 Å². The van der Waals surface area contributed by atoms with Crippen molar-refractivity contribution < 1.29 is 14.7 Å². The molecular formula is C16H15N3O3. The number of aliphatic carboxylic acids is 1. The number of carbonyl (C=O) groups excluding carboxylic acids is 1. The van der Waals surface area contributed by atoms with E-state index in [0.29, 0.717) is 6.54 Å². The molecule has 0 aliphatic carbocycles. The predicted molar refractivity (Wildman–Crippen MR) is 80.0 cm³/mol. The van der Waals surface area contributed by atoms with Crippen molar-refractivity contribution in [2.24, 2.45) is 0 Å². The topological polar surface area (TPSA) is 82.5 Å². The summed E-state index contributed by atoms with van der Waals surface area (Å²) in [5.74, 6) is -1.01. The van der Waals surface area contributed by atoms with Gasteiger partial charge in [-0.05, 0) is 28.8 Å². The standard InChI is InChI=1S/C16H15N3O3/c20-15(21)14-10-19(16(22)18-14)9-11-1-3-12(4-2-11)13-5-7-17-8-6-13/h1-8,14H,9-10H2,(H,18,22)(H,20,21)/t14-/m1/s1. The van der Waals surface area contributed by atoms with Gasteiger partial charge in [0, 0.05) is 18.9 Å². The van der Waals surface area contributed by atoms with Crippen LogP contribution in [0.3, 0.4) is 0 Å². The van der Waals surface area contributed by atoms with Crippen molar-refractivity contribution in [1.29, 1.82) is 0 Å². The number of benzene rings is 1. The molecule has 0 radical (unpaired) electrons. The smallest absolute Gasteiger partial charge is 0.328 e. The largest absolute Gasteiger partial charge is 0.480 e. The SMILES string of the molecule is O=C(O)[C@H]1CN(Cc2ccc(-c3ccncc3)cc2)C(=O)N1. The molecule has 1 aliphatic heterocycles. The number of nitrogens with zero attached hydrogens (tertiary/aromatic N) is 2. The zero-order chi connectivity index (χ0) is 15.5. The average molecular weight is 297 g/mol. The van der Waals surface area contributed by atoms with Gasteiger partial charge in [0.2, 0.25) is 0 Å². The summed E-state index contributed by atoms with van der Waals surface area (Å²) in [6.45, 7) is 0.576. The van der Waals surface area contributed by atoms with E-state index in [4.69, 9.17) is 5.11 Å². The quantitative estimate of drug-likeness (QED) is 0.900. The van der Waals surface area contributed by atoms with Crippen molar-refractivity contribution in [1.82, 2.24) is 15.2 Å². The average Bonchev–Trinajstić information content (AvgIpc) is 2.90. The van der Waals surface area contributed by atoms with Crippen molar-refractivity contribution in [3.63, 3.8) is 0 Å². The first kappa shape index (κ1) is 14.1. The number of rotatable bonds is 4. The third-order valence-electron chi connectivity index (χ3n) is 3.63. The summed E-state index contributed by atoms with van der Waals surface area (Å²) >= 11 is 0. The summed E-state index contributed by atoms with van der Waals surface area (Å²) in [6.07, 6.45) is 3.48. The lowest BCUT2D eigenvalue weighted by molar-refractivity contribution is -0.138. The van der Waals surface area contributed by atoms with Gasteiger partial charge in [0.1, 0.15) is 6.04 Å². The lowest BCUT2D eigenvalue weighted by atomic mass is 10.1. The van der Waals surface area contributed by atoms with Crippen LogP contribution in [0, 0.1) is 0 Å². The molecule has 2 aromatic rings. The number of carbonyl (C=O) groups is 2. The summed E-state index contributed by atoms with van der Waals surface area (Å²) in [5.41, 5.74) is 3.10. The molecule has 22 heavy (non-hydrogen) atoms. The Morgan fingerprint density at radius 3 is 2.41 bits per heavy atom. The van der Waals surface area contributed by atoms with Gasteiger partial charge >= 0.3 is 12.0 Å². The Bertz CT molecular complexity index is 686. The van der Waals surface area contributed by atoms with E-state index >= 15 is 0 Å². The molecule has 3 rings (SSSR count). The van der Waals surface area contributed by atoms with E-state index in [1.165, 1.54) is 4.90 Å². The zero-order valence-electron chi connectivity index (χ0n) is 11.8. The predicted octanol–water partition coefficient (Wildman–Crippen LogP) is 1.73. The highest BCUT2D eigenvalue weighted by Crippen LogP contribution is 2.20. The van der Waals surface area contributed by atoms with Gasteiger partial charge in [-0.25, -0.2) is 9.59 Å². The maximum atomic E-state index is 11.7. The second-order valence-corrected chi connectivity index (χ2v) is 5.15. The number of amides is 2. The summed E-state index contributed by atoms with van der Waals surface area (Å²) in [7, 11) is 0. The number of nitrogens with one attached hydrogen (secondary N) is 1. The summed E-state index contributed by atoms with van der Waals surface area (Å²) in [4.78, 5) is 28.1. The zero-order valence-corrected chi connectivity index (χ0v) is 11.8. The molecule has 6 nitrogen and oxygen atoms in total. The lowest BCUT2D eigenvalue weighted by Crippen LogP contribution is -2.33. The number of hydrogen-bond acceptors (Lipinski definition) is 3. The molecular weight excluding hydrogens is 282 g/mol. The Morgan fingerprint density at radius 1 is 1.18 bits per heavy atom. The van der Waals surface area contributed by atoms with Crippen LogP contribution in [0.4, 0.5) is 4.79 Å². The summed E-state index contributed by atoms with van der Waals surface area (Å²) in [6, 6.07) is 10.5. The van der Waals surface area contributed by atoms with E-state index in [0.717, 1.165) is 16.7 Å². The van der Waals surface area contributed by atoms with Crippen LogP contribution in [0.15, 0.2) is 48.8 Å². The Morgan fingerprint density at radius 2 is 1.82 bits per heavy atom. The maximum Gasteiger partial charge on any atom is 0.328 e. The first-order chi connectivity index (χ1) is 10.6. The van der Waals surface area contributed by atoms with Gasteiger partial charge in [0.25, 0.3) is 0 Å². The van der Waals surface area contributed by atoms with E-state index in [1.54, 1.807) is 12.4 Å². The van der Waals surface area contributed by atoms with E-state index in [9.17, 15) is 9.59 Å². The van der Waals surface area contributed by atoms with Gasteiger partial charge in [-0.2, -0.15) is 0 Å². The van der Waals surface area contributed by atoms with Crippen molar-refractivity contribution in [2.75, 3.05) is 6.54 Å². The van der Waals surface area contributed by atoms with Crippen LogP contribution in [-0.2, 0) is 11.3 Å². The number of hydrogen-bond donors (Lipinski definition) is 2. The molecule has 1 aliphatic rings. The molecule has 112 valence electrons. The van der Waals surface area contributed by atoms with Crippen LogP contribution < -0.4 is 5.32 Å². The van der Waals surface area contributed by atoms with E-state index < -0.39 is 12.0 Å². The fraction of sp³-hybridized carbons (Fsp3) is 0.188. The fourth-order valence-electron chi connectivity index (χ4n) is 2.43. The van der Waals surface area contributed by atoms with Crippen molar-refractivity contribution in [3.8, 4) is 11.1 Å². The number of aromatic nitrogens is 1. The summed E-state index contributed by atoms with van der Waals surface area (Å²) in [5, 5.41) is 11.4. The molecule has 1 aromatic heterocycles. The third kappa shape index (κ3) is 2.90. The molecule has 2 heterocycles. The minimum absolute atomic E-state index is 0.181. The van der Waals surface area contributed by atoms with Gasteiger partial charge < -0.3 is 15.3 Å². The molecule has 0 spiro atoms. The van der Waals surface area contributed by atoms with Crippen LogP contribution >= 0.6 is 0 Å². The molecule has 1 fully saturated rings. The minimum atomic E-state index is -1.01. The van der Waals surface area contributed by atoms with Gasteiger partial charge in [0.15, 0.2) is 0 Å². The normalized spacial score (nSPS) is 17.4. The molecule has 0 saturated carbocycles. The van der Waals surface area contributed by atoms with Crippen LogP contribution in [0.2, 0.25) is 0 Å². The highest BCUT2D eigenvalue weighted by Gasteiger charge is 2.33. The number of carboxylic acid groups (broad SMARTS) is 1. The molecule has 2 N–H and O–H groups in total. The number of urea groups is 1. The van der Waals surface area contributed by atoms with E-state index in [-0.39, 0.29) is 12.6 Å². The Labute approximate surface area is 127 Å².